The van der Waals surface area contributed by atoms with Crippen molar-refractivity contribution in [3.05, 3.63) is 15.8 Å². The zero-order valence-electron chi connectivity index (χ0n) is 11.4. The van der Waals surface area contributed by atoms with Crippen LogP contribution < -0.4 is 4.72 Å². The number of hydrogen-bond acceptors (Lipinski definition) is 5. The molecule has 8 heteroatoms. The van der Waals surface area contributed by atoms with Crippen molar-refractivity contribution in [3.8, 4) is 0 Å². The van der Waals surface area contributed by atoms with Crippen LogP contribution in [0.5, 0.6) is 0 Å². The molecule has 0 aliphatic heterocycles. The van der Waals surface area contributed by atoms with E-state index in [0.29, 0.717) is 24.3 Å². The third-order valence-corrected chi connectivity index (χ3v) is 5.36. The van der Waals surface area contributed by atoms with Gasteiger partial charge in [-0.1, -0.05) is 13.8 Å². The van der Waals surface area contributed by atoms with Crippen LogP contribution in [-0.2, 0) is 14.9 Å². The molecule has 19 heavy (non-hydrogen) atoms. The molecule has 0 aromatic carbocycles. The summed E-state index contributed by atoms with van der Waals surface area (Å²) in [5.74, 6) is -0.546. The molecule has 1 rings (SSSR count). The van der Waals surface area contributed by atoms with Gasteiger partial charge in [0.1, 0.15) is 4.88 Å². The van der Waals surface area contributed by atoms with E-state index in [1.165, 1.54) is 11.4 Å². The molecule has 1 N–H and O–H groups in total. The van der Waals surface area contributed by atoms with Gasteiger partial charge in [0, 0.05) is 13.1 Å². The van der Waals surface area contributed by atoms with E-state index < -0.39 is 16.2 Å². The Kier molecular flexibility index (Phi) is 5.33. The van der Waals surface area contributed by atoms with Crippen molar-refractivity contribution in [2.24, 2.45) is 0 Å². The summed E-state index contributed by atoms with van der Waals surface area (Å²) in [5, 5.41) is 1.71. The summed E-state index contributed by atoms with van der Waals surface area (Å²) < 4.78 is 32.7. The Balaban J connectivity index is 3.12. The van der Waals surface area contributed by atoms with Gasteiger partial charge in [-0.25, -0.2) is 4.79 Å². The van der Waals surface area contributed by atoms with Crippen LogP contribution in [0, 0.1) is 6.92 Å². The van der Waals surface area contributed by atoms with E-state index in [-0.39, 0.29) is 4.88 Å². The summed E-state index contributed by atoms with van der Waals surface area (Å²) in [6.07, 6.45) is 0. The maximum atomic E-state index is 12.1. The van der Waals surface area contributed by atoms with Gasteiger partial charge in [0.2, 0.25) is 0 Å². The Morgan fingerprint density at radius 2 is 2.00 bits per heavy atom. The lowest BCUT2D eigenvalue weighted by atomic mass is 10.3. The Bertz CT molecular complexity index is 547. The minimum absolute atomic E-state index is 0.260. The molecule has 1 aromatic rings. The normalized spacial score (nSPS) is 11.6. The van der Waals surface area contributed by atoms with E-state index in [1.54, 1.807) is 26.2 Å². The number of carbonyl (C=O) groups is 1. The number of aryl methyl sites for hydroxylation is 1. The van der Waals surface area contributed by atoms with Crippen LogP contribution in [0.15, 0.2) is 5.38 Å². The van der Waals surface area contributed by atoms with Crippen molar-refractivity contribution >= 4 is 33.2 Å². The number of anilines is 1. The topological polar surface area (TPSA) is 75.7 Å². The van der Waals surface area contributed by atoms with Gasteiger partial charge >= 0.3 is 16.2 Å². The molecule has 0 aliphatic rings. The number of carbonyl (C=O) groups excluding carboxylic acids is 1. The minimum Gasteiger partial charge on any atom is -0.465 e. The van der Waals surface area contributed by atoms with Gasteiger partial charge in [-0.3, -0.25) is 4.72 Å². The maximum Gasteiger partial charge on any atom is 0.350 e. The Hall–Kier alpha value is -1.12. The molecule has 0 amide bonds. The van der Waals surface area contributed by atoms with Crippen LogP contribution >= 0.6 is 11.3 Å². The smallest absolute Gasteiger partial charge is 0.350 e. The fourth-order valence-electron chi connectivity index (χ4n) is 1.57. The number of thiophene rings is 1. The quantitative estimate of drug-likeness (QED) is 0.814. The van der Waals surface area contributed by atoms with Crippen molar-refractivity contribution in [1.29, 1.82) is 0 Å². The van der Waals surface area contributed by atoms with E-state index in [9.17, 15) is 13.2 Å². The van der Waals surface area contributed by atoms with Crippen molar-refractivity contribution < 1.29 is 17.9 Å². The standard InChI is InChI=1S/C11H18N2O4S2/c1-5-13(6-2)19(15,16)12-9-8(3)7-18-10(9)11(14)17-4/h7,12H,5-6H2,1-4H3. The molecule has 0 atom stereocenters. The van der Waals surface area contributed by atoms with Crippen LogP contribution in [0.25, 0.3) is 0 Å². The van der Waals surface area contributed by atoms with Gasteiger partial charge in [-0.2, -0.15) is 12.7 Å². The second-order valence-electron chi connectivity index (χ2n) is 3.81. The zero-order valence-corrected chi connectivity index (χ0v) is 13.0. The minimum atomic E-state index is -3.65. The summed E-state index contributed by atoms with van der Waals surface area (Å²) in [7, 11) is -2.39. The lowest BCUT2D eigenvalue weighted by Gasteiger charge is -2.19. The molecule has 0 saturated heterocycles. The average molecular weight is 306 g/mol. The molecular formula is C11H18N2O4S2. The number of methoxy groups -OCH3 is 1. The highest BCUT2D eigenvalue weighted by Gasteiger charge is 2.24. The van der Waals surface area contributed by atoms with E-state index >= 15 is 0 Å². The molecular weight excluding hydrogens is 288 g/mol. The molecule has 0 saturated carbocycles. The van der Waals surface area contributed by atoms with E-state index in [2.05, 4.69) is 9.46 Å². The maximum absolute atomic E-state index is 12.1. The van der Waals surface area contributed by atoms with Crippen molar-refractivity contribution in [3.63, 3.8) is 0 Å². The Labute approximate surface area is 117 Å². The summed E-state index contributed by atoms with van der Waals surface area (Å²) >= 11 is 1.16. The first kappa shape index (κ1) is 15.9. The lowest BCUT2D eigenvalue weighted by molar-refractivity contribution is 0.0607. The van der Waals surface area contributed by atoms with Crippen LogP contribution in [0.2, 0.25) is 0 Å². The van der Waals surface area contributed by atoms with E-state index in [1.807, 2.05) is 0 Å². The summed E-state index contributed by atoms with van der Waals surface area (Å²) in [5.41, 5.74) is 0.991. The molecule has 0 fully saturated rings. The van der Waals surface area contributed by atoms with Crippen LogP contribution in [0.4, 0.5) is 5.69 Å². The largest absolute Gasteiger partial charge is 0.465 e. The molecule has 0 aliphatic carbocycles. The molecule has 6 nitrogen and oxygen atoms in total. The molecule has 108 valence electrons. The third-order valence-electron chi connectivity index (χ3n) is 2.62. The summed E-state index contributed by atoms with van der Waals surface area (Å²) in [6, 6.07) is 0. The molecule has 0 spiro atoms. The van der Waals surface area contributed by atoms with Crippen molar-refractivity contribution in [2.75, 3.05) is 24.9 Å². The number of esters is 1. The van der Waals surface area contributed by atoms with Gasteiger partial charge in [0.05, 0.1) is 12.8 Å². The van der Waals surface area contributed by atoms with Gasteiger partial charge in [-0.05, 0) is 17.9 Å². The molecule has 1 aromatic heterocycles. The van der Waals surface area contributed by atoms with Crippen molar-refractivity contribution in [1.82, 2.24) is 4.31 Å². The first-order chi connectivity index (χ1) is 8.87. The lowest BCUT2D eigenvalue weighted by Crippen LogP contribution is -2.35. The molecule has 0 bridgehead atoms. The monoisotopic (exact) mass is 306 g/mol. The fourth-order valence-corrected chi connectivity index (χ4v) is 3.89. The molecule has 1 heterocycles. The number of ether oxygens (including phenoxy) is 1. The highest BCUT2D eigenvalue weighted by molar-refractivity contribution is 7.90. The summed E-state index contributed by atoms with van der Waals surface area (Å²) in [6.45, 7) is 5.98. The highest BCUT2D eigenvalue weighted by Crippen LogP contribution is 2.29. The average Bonchev–Trinajstić information content (AvgIpc) is 2.71. The van der Waals surface area contributed by atoms with Crippen LogP contribution in [0.1, 0.15) is 29.1 Å². The number of hydrogen-bond donors (Lipinski definition) is 1. The molecule has 0 unspecified atom stereocenters. The van der Waals surface area contributed by atoms with Gasteiger partial charge in [0.25, 0.3) is 0 Å². The van der Waals surface area contributed by atoms with Crippen LogP contribution in [0.3, 0.4) is 0 Å². The second-order valence-corrected chi connectivity index (χ2v) is 6.36. The summed E-state index contributed by atoms with van der Waals surface area (Å²) in [4.78, 5) is 11.8. The number of nitrogens with zero attached hydrogens (tertiary/aromatic N) is 1. The van der Waals surface area contributed by atoms with Gasteiger partial charge in [-0.15, -0.1) is 11.3 Å². The highest BCUT2D eigenvalue weighted by atomic mass is 32.2. The Morgan fingerprint density at radius 3 is 2.47 bits per heavy atom. The predicted octanol–water partition coefficient (Wildman–Crippen LogP) is 1.84. The van der Waals surface area contributed by atoms with Crippen molar-refractivity contribution in [2.45, 2.75) is 20.8 Å². The fraction of sp³-hybridized carbons (Fsp3) is 0.545. The number of rotatable bonds is 6. The van der Waals surface area contributed by atoms with Gasteiger partial charge in [0.15, 0.2) is 0 Å². The number of nitrogens with one attached hydrogen (secondary N) is 1. The van der Waals surface area contributed by atoms with Gasteiger partial charge < -0.3 is 4.74 Å². The molecule has 0 radical (unpaired) electrons. The van der Waals surface area contributed by atoms with E-state index in [0.717, 1.165) is 11.3 Å². The first-order valence-electron chi connectivity index (χ1n) is 5.81. The predicted molar refractivity (Wildman–Crippen MR) is 75.9 cm³/mol. The SMILES string of the molecule is CCN(CC)S(=O)(=O)Nc1c(C)csc1C(=O)OC. The third kappa shape index (κ3) is 3.46. The Morgan fingerprint density at radius 1 is 1.42 bits per heavy atom. The van der Waals surface area contributed by atoms with Crippen LogP contribution in [-0.4, -0.2) is 38.9 Å². The second kappa shape index (κ2) is 6.36. The first-order valence-corrected chi connectivity index (χ1v) is 8.13. The van der Waals surface area contributed by atoms with E-state index in [4.69, 9.17) is 0 Å². The zero-order chi connectivity index (χ0) is 14.6.